The fourth-order valence-corrected chi connectivity index (χ4v) is 0.535. The minimum Gasteiger partial charge on any atom is -0.439 e. The summed E-state index contributed by atoms with van der Waals surface area (Å²) in [5.74, 6) is 0.792. The zero-order chi connectivity index (χ0) is 5.11. The van der Waals surface area contributed by atoms with Gasteiger partial charge in [-0.3, -0.25) is 0 Å². The van der Waals surface area contributed by atoms with E-state index in [9.17, 15) is 0 Å². The van der Waals surface area contributed by atoms with Crippen molar-refractivity contribution in [2.75, 3.05) is 20.1 Å². The van der Waals surface area contributed by atoms with Crippen molar-refractivity contribution < 1.29 is 51.4 Å². The van der Waals surface area contributed by atoms with Crippen LogP contribution in [0.5, 0.6) is 0 Å². The summed E-state index contributed by atoms with van der Waals surface area (Å²) < 4.78 is 0. The maximum absolute atomic E-state index is 3.99. The van der Waals surface area contributed by atoms with Crippen LogP contribution in [0.15, 0.2) is 4.99 Å². The first-order chi connectivity index (χ1) is 3.43. The molecule has 0 aromatic carbocycles. The van der Waals surface area contributed by atoms with E-state index < -0.39 is 0 Å². The Kier molecular flexibility index (Phi) is 5.29. The van der Waals surface area contributed by atoms with E-state index >= 15 is 0 Å². The number of rotatable bonds is 0. The maximum atomic E-state index is 3.99. The molecule has 0 aliphatic carbocycles. The van der Waals surface area contributed by atoms with Crippen molar-refractivity contribution in [3.63, 3.8) is 0 Å². The second kappa shape index (κ2) is 4.75. The van der Waals surface area contributed by atoms with Crippen LogP contribution in [0.4, 0.5) is 0 Å². The first-order valence-corrected chi connectivity index (χ1v) is 2.31. The van der Waals surface area contributed by atoms with Gasteiger partial charge in [-0.25, -0.2) is 0 Å². The molecule has 1 rings (SSSR count). The Bertz CT molecular complexity index is 83.3. The summed E-state index contributed by atoms with van der Waals surface area (Å²) in [5, 5.41) is 6.98. The van der Waals surface area contributed by atoms with Crippen molar-refractivity contribution in [3.05, 3.63) is 5.32 Å². The quantitative estimate of drug-likeness (QED) is 0.354. The van der Waals surface area contributed by atoms with E-state index in [1.54, 1.807) is 7.05 Å². The molecule has 1 aliphatic heterocycles. The third-order valence-electron chi connectivity index (χ3n) is 0.868. The third kappa shape index (κ3) is 2.46. The number of hydrogen-bond donors (Lipinski definition) is 1. The van der Waals surface area contributed by atoms with Crippen molar-refractivity contribution in [2.45, 2.75) is 0 Å². The van der Waals surface area contributed by atoms with Gasteiger partial charge in [0.25, 0.3) is 0 Å². The van der Waals surface area contributed by atoms with Crippen LogP contribution in [0.3, 0.4) is 0 Å². The molecule has 0 bridgehead atoms. The molecular formula is C4H8KN3. The molecule has 0 spiro atoms. The first kappa shape index (κ1) is 8.91. The maximum Gasteiger partial charge on any atom is 1.00 e. The van der Waals surface area contributed by atoms with Crippen LogP contribution in [0.1, 0.15) is 0 Å². The molecule has 1 saturated heterocycles. The molecule has 1 heterocycles. The monoisotopic (exact) mass is 137 g/mol. The van der Waals surface area contributed by atoms with Gasteiger partial charge in [-0.15, -0.1) is 0 Å². The summed E-state index contributed by atoms with van der Waals surface area (Å²) in [5.41, 5.74) is 0. The molecule has 0 unspecified atom stereocenters. The van der Waals surface area contributed by atoms with Gasteiger partial charge in [0, 0.05) is 5.96 Å². The van der Waals surface area contributed by atoms with Gasteiger partial charge in [0.2, 0.25) is 0 Å². The average Bonchev–Trinajstić information content (AvgIpc) is 2.14. The molecule has 8 heavy (non-hydrogen) atoms. The summed E-state index contributed by atoms with van der Waals surface area (Å²) in [4.78, 5) is 3.83. The summed E-state index contributed by atoms with van der Waals surface area (Å²) in [7, 11) is 1.73. The zero-order valence-corrected chi connectivity index (χ0v) is 8.43. The summed E-state index contributed by atoms with van der Waals surface area (Å²) in [6, 6.07) is 0. The predicted molar refractivity (Wildman–Crippen MR) is 29.6 cm³/mol. The number of guanidine groups is 1. The second-order valence-electron chi connectivity index (χ2n) is 1.36. The SMILES string of the molecule is CN=C1[N-]CCN1.[K+]. The molecule has 0 amide bonds. The molecule has 40 valence electrons. The van der Waals surface area contributed by atoms with E-state index in [2.05, 4.69) is 15.6 Å². The number of aliphatic imine (C=N–C) groups is 1. The second-order valence-corrected chi connectivity index (χ2v) is 1.36. The van der Waals surface area contributed by atoms with Crippen LogP contribution in [-0.2, 0) is 0 Å². The molecule has 3 nitrogen and oxygen atoms in total. The van der Waals surface area contributed by atoms with Crippen molar-refractivity contribution in [3.8, 4) is 0 Å². The summed E-state index contributed by atoms with van der Waals surface area (Å²) in [6.07, 6.45) is 0. The molecule has 1 N–H and O–H groups in total. The third-order valence-corrected chi connectivity index (χ3v) is 0.868. The van der Waals surface area contributed by atoms with Gasteiger partial charge in [0.15, 0.2) is 0 Å². The molecule has 1 fully saturated rings. The molecule has 0 radical (unpaired) electrons. The number of hydrogen-bond acceptors (Lipinski definition) is 1. The van der Waals surface area contributed by atoms with Crippen molar-refractivity contribution in [2.24, 2.45) is 4.99 Å². The van der Waals surface area contributed by atoms with Gasteiger partial charge in [0.1, 0.15) is 0 Å². The Morgan fingerprint density at radius 2 is 2.50 bits per heavy atom. The molecule has 0 saturated carbocycles. The van der Waals surface area contributed by atoms with E-state index in [1.807, 2.05) is 0 Å². The number of nitrogens with one attached hydrogen (secondary N) is 1. The summed E-state index contributed by atoms with van der Waals surface area (Å²) >= 11 is 0. The van der Waals surface area contributed by atoms with Crippen molar-refractivity contribution >= 4 is 5.96 Å². The van der Waals surface area contributed by atoms with Crippen molar-refractivity contribution in [1.82, 2.24) is 5.32 Å². The first-order valence-electron chi connectivity index (χ1n) is 2.31. The molecule has 0 aromatic rings. The Balaban J connectivity index is 0.000000490. The predicted octanol–water partition coefficient (Wildman–Crippen LogP) is -3.05. The molecular weight excluding hydrogens is 129 g/mol. The van der Waals surface area contributed by atoms with Crippen LogP contribution in [0, 0.1) is 0 Å². The average molecular weight is 137 g/mol. The number of nitrogens with zero attached hydrogens (tertiary/aromatic N) is 2. The van der Waals surface area contributed by atoms with Crippen LogP contribution < -0.4 is 56.7 Å². The van der Waals surface area contributed by atoms with Gasteiger partial charge >= 0.3 is 51.4 Å². The normalized spacial score (nSPS) is 21.4. The Labute approximate surface area is 91.7 Å². The van der Waals surface area contributed by atoms with Gasteiger partial charge in [-0.2, -0.15) is 0 Å². The minimum atomic E-state index is 0. The fourth-order valence-electron chi connectivity index (χ4n) is 0.535. The van der Waals surface area contributed by atoms with E-state index in [-0.39, 0.29) is 51.4 Å². The van der Waals surface area contributed by atoms with E-state index in [4.69, 9.17) is 0 Å². The minimum absolute atomic E-state index is 0. The fraction of sp³-hybridized carbons (Fsp3) is 0.750. The van der Waals surface area contributed by atoms with Crippen molar-refractivity contribution in [1.29, 1.82) is 0 Å². The molecule has 0 atom stereocenters. The Hall–Kier alpha value is 0.906. The van der Waals surface area contributed by atoms with Gasteiger partial charge in [0.05, 0.1) is 0 Å². The smallest absolute Gasteiger partial charge is 0.439 e. The molecule has 1 aliphatic rings. The summed E-state index contributed by atoms with van der Waals surface area (Å²) in [6.45, 7) is 1.83. The van der Waals surface area contributed by atoms with Gasteiger partial charge < -0.3 is 15.6 Å². The van der Waals surface area contributed by atoms with Crippen LogP contribution in [0.2, 0.25) is 0 Å². The van der Waals surface area contributed by atoms with Gasteiger partial charge in [-0.1, -0.05) is 0 Å². The Morgan fingerprint density at radius 3 is 2.75 bits per heavy atom. The van der Waals surface area contributed by atoms with E-state index in [0.717, 1.165) is 19.0 Å². The zero-order valence-electron chi connectivity index (χ0n) is 5.31. The molecule has 0 aromatic heterocycles. The van der Waals surface area contributed by atoms with Gasteiger partial charge in [-0.05, 0) is 20.1 Å². The largest absolute Gasteiger partial charge is 1.00 e. The molecule has 4 heteroatoms. The van der Waals surface area contributed by atoms with Crippen LogP contribution in [-0.4, -0.2) is 26.1 Å². The van der Waals surface area contributed by atoms with E-state index in [0.29, 0.717) is 0 Å². The Morgan fingerprint density at radius 1 is 1.75 bits per heavy atom. The standard InChI is InChI=1S/C4H8N3.K/c1-5-4-6-2-3-7-4;/h2-3H2,1H3,(H-,5,6,7);/q-1;+1. The van der Waals surface area contributed by atoms with Crippen LogP contribution in [0.25, 0.3) is 5.32 Å². The van der Waals surface area contributed by atoms with Crippen LogP contribution >= 0.6 is 0 Å². The topological polar surface area (TPSA) is 38.5 Å². The van der Waals surface area contributed by atoms with E-state index in [1.165, 1.54) is 0 Å².